The van der Waals surface area contributed by atoms with Crippen molar-refractivity contribution in [3.8, 4) is 11.1 Å². The number of hydrogen-bond donors (Lipinski definition) is 2. The van der Waals surface area contributed by atoms with Crippen molar-refractivity contribution in [2.24, 2.45) is 5.14 Å². The number of amides is 1. The Labute approximate surface area is 178 Å². The number of carbonyl (C=O) groups excluding carboxylic acids is 1. The Morgan fingerprint density at radius 2 is 1.87 bits per heavy atom. The molecule has 2 heterocycles. The Morgan fingerprint density at radius 1 is 1.17 bits per heavy atom. The summed E-state index contributed by atoms with van der Waals surface area (Å²) in [6.07, 6.45) is 2.68. The molecule has 3 N–H and O–H groups in total. The zero-order valence-corrected chi connectivity index (χ0v) is 18.6. The smallest absolute Gasteiger partial charge is 0.245 e. The minimum absolute atomic E-state index is 0.111. The van der Waals surface area contributed by atoms with Crippen LogP contribution in [0.1, 0.15) is 16.0 Å². The number of hydrogen-bond acceptors (Lipinski definition) is 8. The first-order valence-corrected chi connectivity index (χ1v) is 13.2. The molecule has 2 aromatic heterocycles. The van der Waals surface area contributed by atoms with E-state index in [0.29, 0.717) is 5.52 Å². The van der Waals surface area contributed by atoms with Crippen molar-refractivity contribution in [1.82, 2.24) is 15.3 Å². The Balaban J connectivity index is 1.93. The molecule has 160 valence electrons. The third-order valence-electron chi connectivity index (χ3n) is 4.23. The Bertz CT molecular complexity index is 1300. The van der Waals surface area contributed by atoms with Crippen LogP contribution in [0.15, 0.2) is 36.5 Å². The molecule has 1 aromatic carbocycles. The van der Waals surface area contributed by atoms with Gasteiger partial charge in [0.1, 0.15) is 5.01 Å². The Hall–Kier alpha value is -2.41. The van der Waals surface area contributed by atoms with Crippen molar-refractivity contribution in [3.05, 3.63) is 47.2 Å². The summed E-state index contributed by atoms with van der Waals surface area (Å²) in [6.45, 7) is 1.60. The molecular weight excluding hydrogens is 448 g/mol. The quantitative estimate of drug-likeness (QED) is 0.528. The highest BCUT2D eigenvalue weighted by molar-refractivity contribution is 7.91. The first kappa shape index (κ1) is 22.3. The third kappa shape index (κ3) is 5.39. The average molecular weight is 469 g/mol. The summed E-state index contributed by atoms with van der Waals surface area (Å²) in [5, 5.41) is 5.79. The van der Waals surface area contributed by atoms with Gasteiger partial charge in [0.25, 0.3) is 0 Å². The van der Waals surface area contributed by atoms with Gasteiger partial charge < -0.3 is 5.32 Å². The van der Waals surface area contributed by atoms with Gasteiger partial charge in [-0.25, -0.2) is 27.0 Å². The first-order valence-electron chi connectivity index (χ1n) is 8.74. The molecule has 0 aliphatic heterocycles. The second-order valence-corrected chi connectivity index (χ2v) is 11.7. The molecule has 0 saturated heterocycles. The average Bonchev–Trinajstić information content (AvgIpc) is 3.02. The molecule has 0 radical (unpaired) electrons. The van der Waals surface area contributed by atoms with E-state index in [2.05, 4.69) is 15.3 Å². The highest BCUT2D eigenvalue weighted by Crippen LogP contribution is 2.33. The number of primary sulfonamides is 1. The van der Waals surface area contributed by atoms with E-state index in [-0.39, 0.29) is 11.6 Å². The minimum Gasteiger partial charge on any atom is -0.354 e. The van der Waals surface area contributed by atoms with Gasteiger partial charge in [0.05, 0.1) is 16.0 Å². The highest BCUT2D eigenvalue weighted by atomic mass is 32.2. The number of aromatic nitrogens is 2. The van der Waals surface area contributed by atoms with Gasteiger partial charge in [0, 0.05) is 30.3 Å². The summed E-state index contributed by atoms with van der Waals surface area (Å²) in [7, 11) is -7.63. The molecular formula is C18H20N4O5S3. The van der Waals surface area contributed by atoms with Gasteiger partial charge in [-0.1, -0.05) is 12.1 Å². The van der Waals surface area contributed by atoms with E-state index in [9.17, 15) is 21.6 Å². The summed E-state index contributed by atoms with van der Waals surface area (Å²) in [6, 6.07) is 9.30. The van der Waals surface area contributed by atoms with E-state index in [1.165, 1.54) is 0 Å². The lowest BCUT2D eigenvalue weighted by Gasteiger charge is -2.12. The summed E-state index contributed by atoms with van der Waals surface area (Å²) in [4.78, 5) is 21.2. The second-order valence-electron chi connectivity index (χ2n) is 6.79. The van der Waals surface area contributed by atoms with E-state index < -0.39 is 36.8 Å². The van der Waals surface area contributed by atoms with Crippen LogP contribution in [-0.4, -0.2) is 51.3 Å². The van der Waals surface area contributed by atoms with Gasteiger partial charge in [-0.05, 0) is 30.7 Å². The van der Waals surface area contributed by atoms with Crippen molar-refractivity contribution in [3.63, 3.8) is 0 Å². The van der Waals surface area contributed by atoms with E-state index in [4.69, 9.17) is 5.14 Å². The minimum atomic E-state index is -3.85. The van der Waals surface area contributed by atoms with Crippen LogP contribution in [0.5, 0.6) is 0 Å². The monoisotopic (exact) mass is 468 g/mol. The summed E-state index contributed by atoms with van der Waals surface area (Å²) >= 11 is 1.10. The highest BCUT2D eigenvalue weighted by Gasteiger charge is 2.33. The van der Waals surface area contributed by atoms with Crippen molar-refractivity contribution >= 4 is 47.3 Å². The predicted molar refractivity (Wildman–Crippen MR) is 116 cm³/mol. The molecule has 30 heavy (non-hydrogen) atoms. The number of carbonyl (C=O) groups is 1. The number of benzene rings is 1. The largest absolute Gasteiger partial charge is 0.354 e. The molecule has 9 nitrogen and oxygen atoms in total. The molecule has 1 amide bonds. The number of nitrogens with one attached hydrogen (secondary N) is 1. The van der Waals surface area contributed by atoms with Crippen LogP contribution in [0.4, 0.5) is 0 Å². The third-order valence-corrected chi connectivity index (χ3v) is 7.54. The lowest BCUT2D eigenvalue weighted by Crippen LogP contribution is -2.37. The van der Waals surface area contributed by atoms with Gasteiger partial charge in [0.15, 0.2) is 15.1 Å². The van der Waals surface area contributed by atoms with Gasteiger partial charge in [-0.3, -0.25) is 9.78 Å². The molecule has 0 saturated carbocycles. The van der Waals surface area contributed by atoms with Crippen molar-refractivity contribution in [2.45, 2.75) is 12.2 Å². The standard InChI is InChI=1S/C18H20N4O5S3/c1-11-3-4-13(10-21-11)12-5-6-15-14(9-12)22-18(28-15)16(29(2,24)25)17(23)20-7-8-30(19,26)27/h3-6,9-10,16H,7-8H2,1-2H3,(H,20,23)(H2,19,26,27). The van der Waals surface area contributed by atoms with Crippen LogP contribution in [-0.2, 0) is 24.7 Å². The maximum atomic E-state index is 12.5. The molecule has 0 bridgehead atoms. The predicted octanol–water partition coefficient (Wildman–Crippen LogP) is 1.16. The van der Waals surface area contributed by atoms with E-state index >= 15 is 0 Å². The number of thiazole rings is 1. The van der Waals surface area contributed by atoms with Crippen molar-refractivity contribution in [1.29, 1.82) is 0 Å². The lowest BCUT2D eigenvalue weighted by molar-refractivity contribution is -0.120. The molecule has 3 aromatic rings. The number of nitrogens with zero attached hydrogens (tertiary/aromatic N) is 2. The van der Waals surface area contributed by atoms with Gasteiger partial charge in [0.2, 0.25) is 15.9 Å². The molecule has 0 aliphatic carbocycles. The number of nitrogens with two attached hydrogens (primary N) is 1. The van der Waals surface area contributed by atoms with Crippen LogP contribution in [0.2, 0.25) is 0 Å². The topological polar surface area (TPSA) is 149 Å². The number of pyridine rings is 1. The van der Waals surface area contributed by atoms with E-state index in [1.54, 1.807) is 12.3 Å². The molecule has 0 spiro atoms. The van der Waals surface area contributed by atoms with Gasteiger partial charge in [-0.15, -0.1) is 11.3 Å². The SMILES string of the molecule is Cc1ccc(-c2ccc3sc(C(C(=O)NCCS(N)(=O)=O)S(C)(=O)=O)nc3c2)cn1. The van der Waals surface area contributed by atoms with Crippen LogP contribution in [0.25, 0.3) is 21.3 Å². The molecule has 0 aliphatic rings. The maximum absolute atomic E-state index is 12.5. The lowest BCUT2D eigenvalue weighted by atomic mass is 10.1. The molecule has 0 fully saturated rings. The first-order chi connectivity index (χ1) is 13.9. The van der Waals surface area contributed by atoms with Gasteiger partial charge >= 0.3 is 0 Å². The molecule has 3 rings (SSSR count). The fraction of sp³-hybridized carbons (Fsp3) is 0.278. The fourth-order valence-electron chi connectivity index (χ4n) is 2.77. The van der Waals surface area contributed by atoms with Gasteiger partial charge in [-0.2, -0.15) is 0 Å². The summed E-state index contributed by atoms with van der Waals surface area (Å²) in [5.41, 5.74) is 3.19. The maximum Gasteiger partial charge on any atom is 0.245 e. The zero-order chi connectivity index (χ0) is 22.1. The normalized spacial score (nSPS) is 13.3. The Kier molecular flexibility index (Phi) is 6.22. The number of aryl methyl sites for hydroxylation is 1. The van der Waals surface area contributed by atoms with Crippen molar-refractivity contribution in [2.75, 3.05) is 18.6 Å². The zero-order valence-electron chi connectivity index (χ0n) is 16.2. The second kappa shape index (κ2) is 8.38. The van der Waals surface area contributed by atoms with Crippen LogP contribution >= 0.6 is 11.3 Å². The fourth-order valence-corrected chi connectivity index (χ4v) is 5.65. The number of fused-ring (bicyclic) bond motifs is 1. The summed E-state index contributed by atoms with van der Waals surface area (Å²) < 4.78 is 47.3. The number of rotatable bonds is 7. The van der Waals surface area contributed by atoms with E-state index in [1.807, 2.05) is 31.2 Å². The van der Waals surface area contributed by atoms with Crippen LogP contribution in [0.3, 0.4) is 0 Å². The van der Waals surface area contributed by atoms with Crippen LogP contribution < -0.4 is 10.5 Å². The van der Waals surface area contributed by atoms with E-state index in [0.717, 1.165) is 39.1 Å². The van der Waals surface area contributed by atoms with Crippen LogP contribution in [0, 0.1) is 6.92 Å². The summed E-state index contributed by atoms with van der Waals surface area (Å²) in [5.74, 6) is -1.34. The molecule has 1 unspecified atom stereocenters. The molecule has 12 heteroatoms. The Morgan fingerprint density at radius 3 is 2.47 bits per heavy atom. The molecule has 1 atom stereocenters. The van der Waals surface area contributed by atoms with Crippen molar-refractivity contribution < 1.29 is 21.6 Å². The number of sulfone groups is 1. The number of sulfonamides is 1.